The maximum absolute atomic E-state index is 13.0. The van der Waals surface area contributed by atoms with E-state index in [9.17, 15) is 4.79 Å². The molecule has 25 heavy (non-hydrogen) atoms. The van der Waals surface area contributed by atoms with Crippen molar-refractivity contribution in [3.05, 3.63) is 51.9 Å². The van der Waals surface area contributed by atoms with Crippen LogP contribution < -0.4 is 5.56 Å². The summed E-state index contributed by atoms with van der Waals surface area (Å²) in [7, 11) is 2.12. The van der Waals surface area contributed by atoms with Crippen molar-refractivity contribution >= 4 is 5.71 Å². The lowest BCUT2D eigenvalue weighted by Crippen LogP contribution is -2.42. The number of benzene rings is 1. The average Bonchev–Trinajstić information content (AvgIpc) is 2.94. The van der Waals surface area contributed by atoms with Gasteiger partial charge in [-0.25, -0.2) is 4.68 Å². The maximum atomic E-state index is 13.0. The summed E-state index contributed by atoms with van der Waals surface area (Å²) in [6.07, 6.45) is 1.81. The number of piperazine rings is 1. The first-order valence-corrected chi connectivity index (χ1v) is 8.98. The van der Waals surface area contributed by atoms with Crippen molar-refractivity contribution in [2.24, 2.45) is 5.10 Å². The quantitative estimate of drug-likeness (QED) is 0.847. The number of nitrogens with zero attached hydrogens (tertiary/aromatic N) is 4. The Kier molecular flexibility index (Phi) is 5.38. The van der Waals surface area contributed by atoms with Crippen LogP contribution in [0.3, 0.4) is 0 Å². The van der Waals surface area contributed by atoms with E-state index in [0.717, 1.165) is 56.1 Å². The minimum atomic E-state index is -0.0231. The minimum absolute atomic E-state index is 0.0231. The average molecular weight is 341 g/mol. The zero-order chi connectivity index (χ0) is 17.8. The number of hydrogen-bond donors (Lipinski definition) is 1. The monoisotopic (exact) mass is 341 g/mol. The van der Waals surface area contributed by atoms with Gasteiger partial charge in [0.2, 0.25) is 0 Å². The fourth-order valence-corrected chi connectivity index (χ4v) is 3.20. The lowest BCUT2D eigenvalue weighted by Gasteiger charge is -2.30. The summed E-state index contributed by atoms with van der Waals surface area (Å²) >= 11 is 0. The fraction of sp³-hybridized carbons (Fsp3) is 0.474. The number of hydrazone groups is 1. The number of H-pyrrole nitrogens is 1. The van der Waals surface area contributed by atoms with E-state index in [-0.39, 0.29) is 5.56 Å². The van der Waals surface area contributed by atoms with Gasteiger partial charge in [-0.2, -0.15) is 5.10 Å². The number of likely N-dealkylation sites (N-methyl/N-ethyl adjacent to an activating group) is 1. The summed E-state index contributed by atoms with van der Waals surface area (Å²) in [4.78, 5) is 15.3. The number of rotatable bonds is 5. The predicted molar refractivity (Wildman–Crippen MR) is 102 cm³/mol. The molecule has 0 radical (unpaired) electrons. The third-order valence-corrected chi connectivity index (χ3v) is 4.61. The Balaban J connectivity index is 1.97. The van der Waals surface area contributed by atoms with Gasteiger partial charge in [0, 0.05) is 31.9 Å². The van der Waals surface area contributed by atoms with Gasteiger partial charge in [-0.15, -0.1) is 0 Å². The largest absolute Gasteiger partial charge is 0.303 e. The van der Waals surface area contributed by atoms with Gasteiger partial charge < -0.3 is 4.90 Å². The molecule has 0 saturated carbocycles. The van der Waals surface area contributed by atoms with E-state index in [4.69, 9.17) is 5.10 Å². The second kappa shape index (κ2) is 7.70. The van der Waals surface area contributed by atoms with E-state index in [0.29, 0.717) is 5.56 Å². The highest BCUT2D eigenvalue weighted by atomic mass is 16.1. The van der Waals surface area contributed by atoms with E-state index in [1.54, 1.807) is 4.68 Å². The van der Waals surface area contributed by atoms with E-state index in [1.165, 1.54) is 0 Å². The molecule has 0 aliphatic carbocycles. The molecule has 1 aliphatic heterocycles. The van der Waals surface area contributed by atoms with Gasteiger partial charge in [-0.05, 0) is 32.5 Å². The van der Waals surface area contributed by atoms with Crippen molar-refractivity contribution in [2.45, 2.75) is 26.7 Å². The number of nitrogens with one attached hydrogen (secondary N) is 1. The highest BCUT2D eigenvalue weighted by Crippen LogP contribution is 2.12. The molecular weight excluding hydrogens is 314 g/mol. The van der Waals surface area contributed by atoms with Gasteiger partial charge >= 0.3 is 0 Å². The van der Waals surface area contributed by atoms with Crippen molar-refractivity contribution in [3.8, 4) is 5.69 Å². The van der Waals surface area contributed by atoms with Gasteiger partial charge in [-0.3, -0.25) is 14.9 Å². The molecule has 0 bridgehead atoms. The second-order valence-electron chi connectivity index (χ2n) is 6.63. The van der Waals surface area contributed by atoms with Crippen LogP contribution in [0.5, 0.6) is 0 Å². The van der Waals surface area contributed by atoms with E-state index >= 15 is 0 Å². The maximum Gasteiger partial charge on any atom is 0.280 e. The molecule has 1 aromatic carbocycles. The zero-order valence-corrected chi connectivity index (χ0v) is 15.3. The lowest BCUT2D eigenvalue weighted by molar-refractivity contribution is 0.159. The van der Waals surface area contributed by atoms with Crippen molar-refractivity contribution in [3.63, 3.8) is 0 Å². The minimum Gasteiger partial charge on any atom is -0.303 e. The molecule has 134 valence electrons. The Morgan fingerprint density at radius 3 is 2.48 bits per heavy atom. The second-order valence-corrected chi connectivity index (χ2v) is 6.63. The molecule has 0 atom stereocenters. The molecule has 0 amide bonds. The first-order valence-electron chi connectivity index (χ1n) is 8.98. The Morgan fingerprint density at radius 1 is 1.16 bits per heavy atom. The van der Waals surface area contributed by atoms with Crippen LogP contribution >= 0.6 is 0 Å². The van der Waals surface area contributed by atoms with Crippen LogP contribution in [0.15, 0.2) is 40.2 Å². The number of para-hydroxylation sites is 1. The van der Waals surface area contributed by atoms with Crippen LogP contribution in [0.4, 0.5) is 0 Å². The smallest absolute Gasteiger partial charge is 0.280 e. The Bertz CT molecular complexity index is 782. The molecule has 1 saturated heterocycles. The summed E-state index contributed by atoms with van der Waals surface area (Å²) in [5, 5.41) is 10.1. The molecule has 2 aromatic rings. The number of hydrogen-bond acceptors (Lipinski definition) is 4. The topological polar surface area (TPSA) is 56.6 Å². The van der Waals surface area contributed by atoms with Crippen LogP contribution in [-0.2, 0) is 6.42 Å². The Morgan fingerprint density at radius 2 is 1.84 bits per heavy atom. The van der Waals surface area contributed by atoms with Crippen molar-refractivity contribution in [1.29, 1.82) is 0 Å². The first-order chi connectivity index (χ1) is 12.1. The molecule has 1 aromatic heterocycles. The van der Waals surface area contributed by atoms with Gasteiger partial charge in [-0.1, -0.05) is 31.5 Å². The van der Waals surface area contributed by atoms with Crippen LogP contribution in [0.25, 0.3) is 5.69 Å². The van der Waals surface area contributed by atoms with E-state index in [1.807, 2.05) is 37.3 Å². The molecule has 1 N–H and O–H groups in total. The Hall–Kier alpha value is -2.34. The molecule has 2 heterocycles. The first kappa shape index (κ1) is 17.5. The van der Waals surface area contributed by atoms with E-state index in [2.05, 4.69) is 29.0 Å². The van der Waals surface area contributed by atoms with Gasteiger partial charge in [0.25, 0.3) is 5.56 Å². The number of aromatic nitrogens is 2. The van der Waals surface area contributed by atoms with Crippen molar-refractivity contribution in [1.82, 2.24) is 19.7 Å². The Labute approximate surface area is 148 Å². The third kappa shape index (κ3) is 3.85. The molecule has 3 rings (SSSR count). The summed E-state index contributed by atoms with van der Waals surface area (Å²) < 4.78 is 1.63. The number of aromatic amines is 1. The molecular formula is C19H27N5O. The van der Waals surface area contributed by atoms with E-state index < -0.39 is 0 Å². The van der Waals surface area contributed by atoms with Crippen molar-refractivity contribution < 1.29 is 0 Å². The van der Waals surface area contributed by atoms with Gasteiger partial charge in [0.05, 0.1) is 17.0 Å². The standard InChI is InChI=1S/C19H27N5O/c1-4-8-17-18(15(2)20-23-13-11-22(3)12-14-23)19(25)24(21-17)16-9-6-5-7-10-16/h5-7,9-10,21H,4,8,11-14H2,1-3H3/b20-15+. The summed E-state index contributed by atoms with van der Waals surface area (Å²) in [5.41, 5.74) is 3.30. The normalized spacial score (nSPS) is 16.4. The van der Waals surface area contributed by atoms with Crippen LogP contribution in [-0.4, -0.2) is 58.6 Å². The zero-order valence-electron chi connectivity index (χ0n) is 15.3. The molecule has 1 fully saturated rings. The molecule has 1 aliphatic rings. The summed E-state index contributed by atoms with van der Waals surface area (Å²) in [6, 6.07) is 9.69. The fourth-order valence-electron chi connectivity index (χ4n) is 3.20. The van der Waals surface area contributed by atoms with Gasteiger partial charge in [0.1, 0.15) is 0 Å². The molecule has 0 unspecified atom stereocenters. The van der Waals surface area contributed by atoms with Crippen LogP contribution in [0, 0.1) is 0 Å². The highest BCUT2D eigenvalue weighted by molar-refractivity contribution is 5.99. The number of aryl methyl sites for hydroxylation is 1. The molecule has 0 spiro atoms. The lowest BCUT2D eigenvalue weighted by atomic mass is 10.1. The SMILES string of the molecule is CCCc1[nH]n(-c2ccccc2)c(=O)c1/C(C)=N/N1CCN(C)CC1. The predicted octanol–water partition coefficient (Wildman–Crippen LogP) is 2.09. The highest BCUT2D eigenvalue weighted by Gasteiger charge is 2.19. The van der Waals surface area contributed by atoms with Crippen molar-refractivity contribution in [2.75, 3.05) is 33.2 Å². The summed E-state index contributed by atoms with van der Waals surface area (Å²) in [6.45, 7) is 7.86. The molecule has 6 heteroatoms. The molecule has 6 nitrogen and oxygen atoms in total. The van der Waals surface area contributed by atoms with Crippen LogP contribution in [0.1, 0.15) is 31.5 Å². The van der Waals surface area contributed by atoms with Crippen LogP contribution in [0.2, 0.25) is 0 Å². The third-order valence-electron chi connectivity index (χ3n) is 4.61. The summed E-state index contributed by atoms with van der Waals surface area (Å²) in [5.74, 6) is 0. The van der Waals surface area contributed by atoms with Gasteiger partial charge in [0.15, 0.2) is 0 Å².